The number of hydrogen-bond donors (Lipinski definition) is 1. The second kappa shape index (κ2) is 6.09. The number of aromatic nitrogens is 2. The third-order valence-electron chi connectivity index (χ3n) is 3.50. The van der Waals surface area contributed by atoms with Crippen molar-refractivity contribution in [1.29, 1.82) is 0 Å². The van der Waals surface area contributed by atoms with Crippen molar-refractivity contribution in [3.63, 3.8) is 0 Å². The highest BCUT2D eigenvalue weighted by Crippen LogP contribution is 2.33. The van der Waals surface area contributed by atoms with E-state index in [2.05, 4.69) is 37.1 Å². The van der Waals surface area contributed by atoms with E-state index in [1.807, 2.05) is 17.8 Å². The fourth-order valence-corrected chi connectivity index (χ4v) is 2.33. The van der Waals surface area contributed by atoms with Crippen LogP contribution in [0.15, 0.2) is 24.3 Å². The Morgan fingerprint density at radius 2 is 2.05 bits per heavy atom. The zero-order valence-corrected chi connectivity index (χ0v) is 12.7. The maximum Gasteiger partial charge on any atom is 0.128 e. The van der Waals surface area contributed by atoms with E-state index in [9.17, 15) is 0 Å². The zero-order valence-electron chi connectivity index (χ0n) is 12.7. The smallest absolute Gasteiger partial charge is 0.128 e. The first-order valence-corrected chi connectivity index (χ1v) is 6.98. The standard InChI is InChI=1S/C16H23N3O/c1-11(2)12-5-6-16(20-4)14(9-12)15-10-13(7-8-17)18-19(15)3/h5-6,9-11H,7-8,17H2,1-4H3. The highest BCUT2D eigenvalue weighted by Gasteiger charge is 2.13. The first kappa shape index (κ1) is 14.6. The Hall–Kier alpha value is -1.81. The average Bonchev–Trinajstić information content (AvgIpc) is 2.79. The minimum atomic E-state index is 0.483. The lowest BCUT2D eigenvalue weighted by Crippen LogP contribution is -2.03. The summed E-state index contributed by atoms with van der Waals surface area (Å²) >= 11 is 0. The molecule has 1 aromatic carbocycles. The summed E-state index contributed by atoms with van der Waals surface area (Å²) in [4.78, 5) is 0. The number of rotatable bonds is 5. The molecule has 0 amide bonds. The van der Waals surface area contributed by atoms with Gasteiger partial charge >= 0.3 is 0 Å². The van der Waals surface area contributed by atoms with Crippen LogP contribution in [-0.2, 0) is 13.5 Å². The topological polar surface area (TPSA) is 53.1 Å². The van der Waals surface area contributed by atoms with Gasteiger partial charge in [0, 0.05) is 19.0 Å². The first-order valence-electron chi connectivity index (χ1n) is 6.98. The van der Waals surface area contributed by atoms with E-state index < -0.39 is 0 Å². The molecule has 0 aliphatic heterocycles. The number of methoxy groups -OCH3 is 1. The van der Waals surface area contributed by atoms with E-state index in [0.29, 0.717) is 12.5 Å². The van der Waals surface area contributed by atoms with Gasteiger partial charge in [0.25, 0.3) is 0 Å². The molecule has 0 saturated carbocycles. The van der Waals surface area contributed by atoms with Crippen LogP contribution in [0.1, 0.15) is 31.0 Å². The number of ether oxygens (including phenoxy) is 1. The summed E-state index contributed by atoms with van der Waals surface area (Å²) in [5.41, 5.74) is 10.1. The molecule has 0 radical (unpaired) electrons. The molecule has 0 atom stereocenters. The predicted octanol–water partition coefficient (Wildman–Crippen LogP) is 2.72. The molecule has 4 nitrogen and oxygen atoms in total. The molecule has 0 spiro atoms. The quantitative estimate of drug-likeness (QED) is 0.911. The van der Waals surface area contributed by atoms with Crippen LogP contribution in [0.3, 0.4) is 0 Å². The van der Waals surface area contributed by atoms with Crippen LogP contribution in [-0.4, -0.2) is 23.4 Å². The van der Waals surface area contributed by atoms with Crippen LogP contribution < -0.4 is 10.5 Å². The van der Waals surface area contributed by atoms with Crippen LogP contribution in [0.25, 0.3) is 11.3 Å². The van der Waals surface area contributed by atoms with Crippen LogP contribution >= 0.6 is 0 Å². The van der Waals surface area contributed by atoms with Crippen LogP contribution in [0.4, 0.5) is 0 Å². The predicted molar refractivity (Wildman–Crippen MR) is 82.0 cm³/mol. The molecule has 20 heavy (non-hydrogen) atoms. The Kier molecular flexibility index (Phi) is 4.45. The SMILES string of the molecule is COc1ccc(C(C)C)cc1-c1cc(CCN)nn1C. The van der Waals surface area contributed by atoms with E-state index >= 15 is 0 Å². The van der Waals surface area contributed by atoms with Crippen LogP contribution in [0.2, 0.25) is 0 Å². The lowest BCUT2D eigenvalue weighted by atomic mass is 9.98. The normalized spacial score (nSPS) is 11.1. The summed E-state index contributed by atoms with van der Waals surface area (Å²) in [5.74, 6) is 1.35. The number of benzene rings is 1. The molecule has 0 fully saturated rings. The average molecular weight is 273 g/mol. The molecule has 2 N–H and O–H groups in total. The molecule has 2 aromatic rings. The second-order valence-corrected chi connectivity index (χ2v) is 5.30. The fourth-order valence-electron chi connectivity index (χ4n) is 2.33. The lowest BCUT2D eigenvalue weighted by molar-refractivity contribution is 0.416. The van der Waals surface area contributed by atoms with Crippen molar-refractivity contribution in [2.24, 2.45) is 12.8 Å². The highest BCUT2D eigenvalue weighted by molar-refractivity contribution is 5.69. The van der Waals surface area contributed by atoms with Crippen LogP contribution in [0, 0.1) is 0 Å². The zero-order chi connectivity index (χ0) is 14.7. The van der Waals surface area contributed by atoms with Gasteiger partial charge < -0.3 is 10.5 Å². The third-order valence-corrected chi connectivity index (χ3v) is 3.50. The van der Waals surface area contributed by atoms with Crippen molar-refractivity contribution in [3.8, 4) is 17.0 Å². The molecule has 4 heteroatoms. The van der Waals surface area contributed by atoms with Gasteiger partial charge in [0.1, 0.15) is 5.75 Å². The van der Waals surface area contributed by atoms with E-state index in [0.717, 1.165) is 29.1 Å². The van der Waals surface area contributed by atoms with Gasteiger partial charge in [0.2, 0.25) is 0 Å². The van der Waals surface area contributed by atoms with Gasteiger partial charge in [0.05, 0.1) is 18.5 Å². The molecule has 0 unspecified atom stereocenters. The molecule has 1 heterocycles. The van der Waals surface area contributed by atoms with Gasteiger partial charge in [-0.3, -0.25) is 4.68 Å². The number of nitrogens with zero attached hydrogens (tertiary/aromatic N) is 2. The Morgan fingerprint density at radius 1 is 1.30 bits per heavy atom. The van der Waals surface area contributed by atoms with Crippen molar-refractivity contribution in [2.75, 3.05) is 13.7 Å². The summed E-state index contributed by atoms with van der Waals surface area (Å²) in [5, 5.41) is 4.51. The molecule has 2 rings (SSSR count). The number of aryl methyl sites for hydroxylation is 1. The van der Waals surface area contributed by atoms with Crippen molar-refractivity contribution < 1.29 is 4.74 Å². The van der Waals surface area contributed by atoms with Gasteiger partial charge in [-0.15, -0.1) is 0 Å². The molecule has 0 aliphatic rings. The van der Waals surface area contributed by atoms with Crippen molar-refractivity contribution in [2.45, 2.75) is 26.2 Å². The van der Waals surface area contributed by atoms with E-state index in [1.165, 1.54) is 5.56 Å². The summed E-state index contributed by atoms with van der Waals surface area (Å²) < 4.78 is 7.39. The summed E-state index contributed by atoms with van der Waals surface area (Å²) in [7, 11) is 3.65. The van der Waals surface area contributed by atoms with Gasteiger partial charge in [0.15, 0.2) is 0 Å². The molecule has 0 bridgehead atoms. The Bertz CT molecular complexity index is 587. The van der Waals surface area contributed by atoms with E-state index in [1.54, 1.807) is 7.11 Å². The summed E-state index contributed by atoms with van der Waals surface area (Å²) in [6, 6.07) is 8.42. The van der Waals surface area contributed by atoms with Gasteiger partial charge in [-0.25, -0.2) is 0 Å². The maximum absolute atomic E-state index is 5.60. The second-order valence-electron chi connectivity index (χ2n) is 5.30. The molecule has 0 aliphatic carbocycles. The largest absolute Gasteiger partial charge is 0.496 e. The lowest BCUT2D eigenvalue weighted by Gasteiger charge is -2.12. The molecular formula is C16H23N3O. The van der Waals surface area contributed by atoms with Crippen LogP contribution in [0.5, 0.6) is 5.75 Å². The Labute approximate surface area is 120 Å². The Balaban J connectivity index is 2.52. The minimum absolute atomic E-state index is 0.483. The third kappa shape index (κ3) is 2.85. The number of hydrogen-bond acceptors (Lipinski definition) is 3. The number of nitrogens with two attached hydrogens (primary N) is 1. The monoisotopic (exact) mass is 273 g/mol. The fraction of sp³-hybridized carbons (Fsp3) is 0.438. The highest BCUT2D eigenvalue weighted by atomic mass is 16.5. The minimum Gasteiger partial charge on any atom is -0.496 e. The van der Waals surface area contributed by atoms with Crippen molar-refractivity contribution in [1.82, 2.24) is 9.78 Å². The summed E-state index contributed by atoms with van der Waals surface area (Å²) in [6.45, 7) is 4.99. The summed E-state index contributed by atoms with van der Waals surface area (Å²) in [6.07, 6.45) is 0.792. The maximum atomic E-state index is 5.60. The van der Waals surface area contributed by atoms with Gasteiger partial charge in [-0.1, -0.05) is 19.9 Å². The van der Waals surface area contributed by atoms with Crippen molar-refractivity contribution in [3.05, 3.63) is 35.5 Å². The molecule has 108 valence electrons. The van der Waals surface area contributed by atoms with Gasteiger partial charge in [-0.2, -0.15) is 5.10 Å². The first-order chi connectivity index (χ1) is 9.56. The molecule has 0 saturated heterocycles. The van der Waals surface area contributed by atoms with E-state index in [4.69, 9.17) is 10.5 Å². The molecular weight excluding hydrogens is 250 g/mol. The molecule has 1 aromatic heterocycles. The van der Waals surface area contributed by atoms with Crippen molar-refractivity contribution >= 4 is 0 Å². The Morgan fingerprint density at radius 3 is 2.65 bits per heavy atom. The van der Waals surface area contributed by atoms with E-state index in [-0.39, 0.29) is 0 Å². The van der Waals surface area contributed by atoms with Gasteiger partial charge in [-0.05, 0) is 36.2 Å².